The number of hydrogen-bond donors (Lipinski definition) is 0. The summed E-state index contributed by atoms with van der Waals surface area (Å²) in [7, 11) is 0. The van der Waals surface area contributed by atoms with Gasteiger partial charge in [0, 0.05) is 24.0 Å². The molecule has 0 amide bonds. The van der Waals surface area contributed by atoms with E-state index < -0.39 is 12.0 Å². The monoisotopic (exact) mass is 258 g/mol. The number of nitrogens with zero attached hydrogens (tertiary/aromatic N) is 2. The molecule has 0 saturated heterocycles. The van der Waals surface area contributed by atoms with Crippen molar-refractivity contribution in [3.8, 4) is 0 Å². The third-order valence-electron chi connectivity index (χ3n) is 2.29. The van der Waals surface area contributed by atoms with Crippen LogP contribution < -0.4 is 0 Å². The van der Waals surface area contributed by atoms with Crippen LogP contribution in [0.1, 0.15) is 21.8 Å². The molecule has 2 aromatic heterocycles. The largest absolute Gasteiger partial charge is 0.454 e. The molecule has 0 unspecified atom stereocenters. The average molecular weight is 258 g/mol. The van der Waals surface area contributed by atoms with Gasteiger partial charge in [-0.1, -0.05) is 5.16 Å². The minimum Gasteiger partial charge on any atom is -0.361 e. The van der Waals surface area contributed by atoms with Crippen LogP contribution in [0.3, 0.4) is 0 Å². The Balaban J connectivity index is 2.14. The van der Waals surface area contributed by atoms with E-state index in [9.17, 15) is 18.0 Å². The molecule has 0 aliphatic heterocycles. The Morgan fingerprint density at radius 2 is 2.22 bits per heavy atom. The number of carbonyl (C=O) groups is 1. The van der Waals surface area contributed by atoms with Crippen LogP contribution in [0.5, 0.6) is 0 Å². The van der Waals surface area contributed by atoms with E-state index in [1.165, 1.54) is 10.8 Å². The molecule has 2 aromatic rings. The maximum absolute atomic E-state index is 12.2. The summed E-state index contributed by atoms with van der Waals surface area (Å²) in [6.07, 6.45) is -2.32. The van der Waals surface area contributed by atoms with Crippen molar-refractivity contribution in [3.63, 3.8) is 0 Å². The van der Waals surface area contributed by atoms with E-state index in [0.29, 0.717) is 11.5 Å². The Bertz CT molecular complexity index is 569. The quantitative estimate of drug-likeness (QED) is 0.795. The van der Waals surface area contributed by atoms with Crippen molar-refractivity contribution in [1.82, 2.24) is 9.72 Å². The normalized spacial score (nSPS) is 11.8. The molecule has 0 atom stereocenters. The first-order valence-electron chi connectivity index (χ1n) is 5.06. The number of alkyl halides is 3. The Morgan fingerprint density at radius 3 is 2.78 bits per heavy atom. The summed E-state index contributed by atoms with van der Waals surface area (Å²) in [6, 6.07) is 2.80. The van der Waals surface area contributed by atoms with E-state index in [-0.39, 0.29) is 12.1 Å². The first kappa shape index (κ1) is 12.4. The van der Waals surface area contributed by atoms with Gasteiger partial charge in [-0.3, -0.25) is 4.79 Å². The van der Waals surface area contributed by atoms with Crippen LogP contribution in [0.2, 0.25) is 0 Å². The van der Waals surface area contributed by atoms with Crippen LogP contribution in [-0.2, 0) is 6.54 Å². The summed E-state index contributed by atoms with van der Waals surface area (Å²) in [6.45, 7) is 1.97. The molecule has 2 heterocycles. The van der Waals surface area contributed by atoms with Crippen LogP contribution in [0.4, 0.5) is 13.2 Å². The van der Waals surface area contributed by atoms with E-state index in [1.807, 2.05) is 0 Å². The van der Waals surface area contributed by atoms with Gasteiger partial charge >= 0.3 is 6.18 Å². The summed E-state index contributed by atoms with van der Waals surface area (Å²) in [5, 5.41) is 3.71. The van der Waals surface area contributed by atoms with Crippen molar-refractivity contribution in [2.24, 2.45) is 0 Å². The topological polar surface area (TPSA) is 48.0 Å². The second kappa shape index (κ2) is 4.32. The maximum atomic E-state index is 12.2. The fourth-order valence-electron chi connectivity index (χ4n) is 1.52. The lowest BCUT2D eigenvalue weighted by Crippen LogP contribution is -2.22. The molecule has 0 radical (unpaired) electrons. The molecule has 0 bridgehead atoms. The summed E-state index contributed by atoms with van der Waals surface area (Å²) in [5.74, 6) is -1.23. The number of hydrogen-bond acceptors (Lipinski definition) is 3. The smallest absolute Gasteiger partial charge is 0.361 e. The predicted molar refractivity (Wildman–Crippen MR) is 55.2 cm³/mol. The Hall–Kier alpha value is -2.05. The van der Waals surface area contributed by atoms with E-state index in [2.05, 4.69) is 5.16 Å². The van der Waals surface area contributed by atoms with Crippen molar-refractivity contribution in [2.75, 3.05) is 0 Å². The lowest BCUT2D eigenvalue weighted by molar-refractivity contribution is -0.0885. The van der Waals surface area contributed by atoms with Gasteiger partial charge in [0.15, 0.2) is 0 Å². The molecule has 18 heavy (non-hydrogen) atoms. The summed E-state index contributed by atoms with van der Waals surface area (Å²) >= 11 is 0. The van der Waals surface area contributed by atoms with E-state index in [1.54, 1.807) is 13.0 Å². The molecule has 0 aliphatic rings. The van der Waals surface area contributed by atoms with Crippen LogP contribution in [0.25, 0.3) is 0 Å². The molecule has 7 heteroatoms. The van der Waals surface area contributed by atoms with Gasteiger partial charge in [-0.05, 0) is 13.0 Å². The van der Waals surface area contributed by atoms with Gasteiger partial charge < -0.3 is 9.09 Å². The molecule has 2 rings (SSSR count). The molecular weight excluding hydrogens is 249 g/mol. The molecule has 0 aromatic carbocycles. The Kier molecular flexibility index (Phi) is 2.98. The second-order valence-electron chi connectivity index (χ2n) is 3.83. The van der Waals surface area contributed by atoms with Crippen molar-refractivity contribution in [3.05, 3.63) is 41.5 Å². The van der Waals surface area contributed by atoms with Gasteiger partial charge in [-0.25, -0.2) is 0 Å². The second-order valence-corrected chi connectivity index (χ2v) is 3.83. The van der Waals surface area contributed by atoms with Crippen molar-refractivity contribution < 1.29 is 22.5 Å². The van der Waals surface area contributed by atoms with E-state index >= 15 is 0 Å². The maximum Gasteiger partial charge on any atom is 0.454 e. The third kappa shape index (κ3) is 2.61. The number of Topliss-reactive ketones (excluding diaryl/α,β-unsaturated/α-hetero) is 1. The summed E-state index contributed by atoms with van der Waals surface area (Å²) in [4.78, 5) is 11.0. The summed E-state index contributed by atoms with van der Waals surface area (Å²) in [5.41, 5.74) is 0.192. The number of aromatic nitrogens is 2. The number of aryl methyl sites for hydroxylation is 1. The highest BCUT2D eigenvalue weighted by molar-refractivity contribution is 6.00. The average Bonchev–Trinajstić information content (AvgIpc) is 2.86. The minimum atomic E-state index is -4.85. The molecule has 0 saturated carbocycles. The Labute approximate surface area is 100.0 Å². The van der Waals surface area contributed by atoms with Gasteiger partial charge in [-0.15, -0.1) is 0 Å². The molecule has 0 spiro atoms. The predicted octanol–water partition coefficient (Wildman–Crippen LogP) is 2.58. The van der Waals surface area contributed by atoms with Crippen LogP contribution in [0, 0.1) is 6.92 Å². The summed E-state index contributed by atoms with van der Waals surface area (Å²) < 4.78 is 42.8. The lowest BCUT2D eigenvalue weighted by atomic mass is 10.2. The van der Waals surface area contributed by atoms with Crippen molar-refractivity contribution in [1.29, 1.82) is 0 Å². The van der Waals surface area contributed by atoms with Crippen LogP contribution in [0.15, 0.2) is 29.0 Å². The van der Waals surface area contributed by atoms with Gasteiger partial charge in [0.25, 0.3) is 5.78 Å². The van der Waals surface area contributed by atoms with Gasteiger partial charge in [0.2, 0.25) is 0 Å². The molecular formula is C11H9F3N2O2. The molecule has 96 valence electrons. The minimum absolute atomic E-state index is 0.252. The first-order chi connectivity index (χ1) is 8.36. The standard InChI is InChI=1S/C11H9F3N2O2/c1-7-4-9(15-18-7)6-16-3-2-8(5-16)10(17)11(12,13)14/h2-5H,6H2,1H3. The zero-order valence-electron chi connectivity index (χ0n) is 9.36. The van der Waals surface area contributed by atoms with E-state index in [0.717, 1.165) is 12.3 Å². The first-order valence-corrected chi connectivity index (χ1v) is 5.06. The number of carbonyl (C=O) groups excluding carboxylic acids is 1. The van der Waals surface area contributed by atoms with E-state index in [4.69, 9.17) is 4.52 Å². The van der Waals surface area contributed by atoms with Crippen LogP contribution >= 0.6 is 0 Å². The molecule has 0 N–H and O–H groups in total. The molecule has 0 fully saturated rings. The van der Waals surface area contributed by atoms with Gasteiger partial charge in [0.1, 0.15) is 11.5 Å². The zero-order valence-corrected chi connectivity index (χ0v) is 9.36. The third-order valence-corrected chi connectivity index (χ3v) is 2.29. The number of ketones is 1. The van der Waals surface area contributed by atoms with Crippen molar-refractivity contribution >= 4 is 5.78 Å². The fourth-order valence-corrected chi connectivity index (χ4v) is 1.52. The fraction of sp³-hybridized carbons (Fsp3) is 0.273. The Morgan fingerprint density at radius 1 is 1.50 bits per heavy atom. The zero-order chi connectivity index (χ0) is 13.3. The molecule has 0 aliphatic carbocycles. The molecule has 4 nitrogen and oxygen atoms in total. The van der Waals surface area contributed by atoms with Gasteiger partial charge in [-0.2, -0.15) is 13.2 Å². The highest BCUT2D eigenvalue weighted by Crippen LogP contribution is 2.21. The SMILES string of the molecule is Cc1cc(Cn2ccc(C(=O)C(F)(F)F)c2)no1. The lowest BCUT2D eigenvalue weighted by Gasteiger charge is -2.02. The van der Waals surface area contributed by atoms with Crippen molar-refractivity contribution in [2.45, 2.75) is 19.6 Å². The number of rotatable bonds is 3. The van der Waals surface area contributed by atoms with Gasteiger partial charge in [0.05, 0.1) is 6.54 Å². The highest BCUT2D eigenvalue weighted by Gasteiger charge is 2.39. The highest BCUT2D eigenvalue weighted by atomic mass is 19.4. The number of halogens is 3. The van der Waals surface area contributed by atoms with Crippen LogP contribution in [-0.4, -0.2) is 21.7 Å².